The molecule has 2 N–H and O–H groups in total. The molecular weight excluding hydrogens is 480 g/mol. The number of benzene rings is 3. The van der Waals surface area contributed by atoms with Crippen molar-refractivity contribution in [3.63, 3.8) is 0 Å². The summed E-state index contributed by atoms with van der Waals surface area (Å²) in [5.41, 5.74) is 3.30. The van der Waals surface area contributed by atoms with E-state index in [9.17, 15) is 19.8 Å². The number of amides is 1. The molecule has 38 heavy (non-hydrogen) atoms. The fourth-order valence-corrected chi connectivity index (χ4v) is 4.74. The van der Waals surface area contributed by atoms with Gasteiger partial charge < -0.3 is 24.7 Å². The summed E-state index contributed by atoms with van der Waals surface area (Å²) in [7, 11) is 0. The van der Waals surface area contributed by atoms with Gasteiger partial charge in [-0.15, -0.1) is 0 Å². The SMILES string of the molecule is CCN(CC)CCN1C(=O)C(=O)/C(=C(/O)c2ccc(OCc3cccc(C)c3)cc2)[C@@H]1c1ccc(O)cc1. The Morgan fingerprint density at radius 1 is 0.974 bits per heavy atom. The third-order valence-corrected chi connectivity index (χ3v) is 6.92. The van der Waals surface area contributed by atoms with E-state index in [1.807, 2.05) is 39.0 Å². The Morgan fingerprint density at radius 2 is 1.66 bits per heavy atom. The Balaban J connectivity index is 1.63. The number of hydrogen-bond donors (Lipinski definition) is 2. The van der Waals surface area contributed by atoms with E-state index in [2.05, 4.69) is 11.0 Å². The van der Waals surface area contributed by atoms with Crippen molar-refractivity contribution in [2.45, 2.75) is 33.4 Å². The van der Waals surface area contributed by atoms with Gasteiger partial charge in [0.05, 0.1) is 11.6 Å². The van der Waals surface area contributed by atoms with Crippen molar-refractivity contribution in [1.82, 2.24) is 9.80 Å². The zero-order valence-electron chi connectivity index (χ0n) is 22.1. The first-order valence-electron chi connectivity index (χ1n) is 12.9. The molecule has 0 unspecified atom stereocenters. The van der Waals surface area contributed by atoms with Crippen molar-refractivity contribution in [2.75, 3.05) is 26.2 Å². The first-order chi connectivity index (χ1) is 18.3. The molecular formula is C31H34N2O5. The lowest BCUT2D eigenvalue weighted by molar-refractivity contribution is -0.140. The van der Waals surface area contributed by atoms with Gasteiger partial charge in [-0.05, 0) is 67.5 Å². The van der Waals surface area contributed by atoms with Crippen molar-refractivity contribution in [1.29, 1.82) is 0 Å². The van der Waals surface area contributed by atoms with Gasteiger partial charge in [-0.3, -0.25) is 9.59 Å². The van der Waals surface area contributed by atoms with Crippen LogP contribution in [-0.2, 0) is 16.2 Å². The molecule has 1 aliphatic rings. The molecule has 3 aromatic carbocycles. The van der Waals surface area contributed by atoms with Gasteiger partial charge in [0.2, 0.25) is 0 Å². The molecule has 3 aromatic rings. The predicted octanol–water partition coefficient (Wildman–Crippen LogP) is 5.04. The molecule has 0 aliphatic carbocycles. The van der Waals surface area contributed by atoms with E-state index in [4.69, 9.17) is 4.74 Å². The van der Waals surface area contributed by atoms with Crippen molar-refractivity contribution in [3.05, 3.63) is 101 Å². The van der Waals surface area contributed by atoms with Crippen LogP contribution in [0.1, 0.15) is 42.1 Å². The number of Topliss-reactive ketones (excluding diaryl/α,β-unsaturated/α-hetero) is 1. The Hall–Kier alpha value is -4.10. The number of ketones is 1. The Bertz CT molecular complexity index is 1310. The van der Waals surface area contributed by atoms with Crippen LogP contribution in [0.3, 0.4) is 0 Å². The molecule has 1 saturated heterocycles. The number of likely N-dealkylation sites (N-methyl/N-ethyl adjacent to an activating group) is 1. The van der Waals surface area contributed by atoms with Crippen LogP contribution in [0, 0.1) is 6.92 Å². The molecule has 1 aliphatic heterocycles. The summed E-state index contributed by atoms with van der Waals surface area (Å²) in [6.45, 7) is 9.10. The molecule has 0 spiro atoms. The van der Waals surface area contributed by atoms with Crippen LogP contribution in [-0.4, -0.2) is 57.9 Å². The van der Waals surface area contributed by atoms with Gasteiger partial charge in [-0.2, -0.15) is 0 Å². The first kappa shape index (κ1) is 26.9. The van der Waals surface area contributed by atoms with Crippen LogP contribution in [0.5, 0.6) is 11.5 Å². The quantitative estimate of drug-likeness (QED) is 0.224. The molecule has 4 rings (SSSR count). The second-order valence-corrected chi connectivity index (χ2v) is 9.41. The van der Waals surface area contributed by atoms with Crippen molar-refractivity contribution >= 4 is 17.4 Å². The third kappa shape index (κ3) is 5.89. The number of carbonyl (C=O) groups is 2. The summed E-state index contributed by atoms with van der Waals surface area (Å²) in [5, 5.41) is 21.1. The van der Waals surface area contributed by atoms with Gasteiger partial charge in [0, 0.05) is 18.7 Å². The van der Waals surface area contributed by atoms with E-state index < -0.39 is 17.7 Å². The molecule has 0 bridgehead atoms. The summed E-state index contributed by atoms with van der Waals surface area (Å²) in [6, 6.07) is 20.5. The lowest BCUT2D eigenvalue weighted by Gasteiger charge is -2.28. The minimum Gasteiger partial charge on any atom is -0.508 e. The number of aryl methyl sites for hydroxylation is 1. The normalized spacial score (nSPS) is 16.8. The molecule has 0 radical (unpaired) electrons. The highest BCUT2D eigenvalue weighted by atomic mass is 16.5. The molecule has 0 saturated carbocycles. The number of ether oxygens (including phenoxy) is 1. The van der Waals surface area contributed by atoms with Crippen LogP contribution < -0.4 is 4.74 Å². The molecule has 7 heteroatoms. The average Bonchev–Trinajstić information content (AvgIpc) is 3.18. The number of likely N-dealkylation sites (tertiary alicyclic amines) is 1. The van der Waals surface area contributed by atoms with E-state index in [0.29, 0.717) is 36.6 Å². The Labute approximate surface area is 223 Å². The summed E-state index contributed by atoms with van der Waals surface area (Å²) >= 11 is 0. The zero-order valence-corrected chi connectivity index (χ0v) is 22.1. The number of aliphatic hydroxyl groups is 1. The number of aliphatic hydroxyl groups excluding tert-OH is 1. The highest BCUT2D eigenvalue weighted by molar-refractivity contribution is 6.46. The number of nitrogens with zero attached hydrogens (tertiary/aromatic N) is 2. The highest BCUT2D eigenvalue weighted by Gasteiger charge is 2.45. The number of phenolic OH excluding ortho intramolecular Hbond substituents is 1. The lowest BCUT2D eigenvalue weighted by Crippen LogP contribution is -2.38. The summed E-state index contributed by atoms with van der Waals surface area (Å²) in [5.74, 6) is -0.903. The van der Waals surface area contributed by atoms with Crippen LogP contribution in [0.4, 0.5) is 0 Å². The van der Waals surface area contributed by atoms with E-state index in [1.54, 1.807) is 36.4 Å². The molecule has 1 atom stereocenters. The molecule has 0 aromatic heterocycles. The molecule has 1 amide bonds. The van der Waals surface area contributed by atoms with Crippen molar-refractivity contribution in [3.8, 4) is 11.5 Å². The van der Waals surface area contributed by atoms with Gasteiger partial charge in [0.15, 0.2) is 0 Å². The maximum atomic E-state index is 13.2. The van der Waals surface area contributed by atoms with Gasteiger partial charge in [-0.25, -0.2) is 0 Å². The maximum absolute atomic E-state index is 13.2. The van der Waals surface area contributed by atoms with E-state index in [0.717, 1.165) is 24.2 Å². The van der Waals surface area contributed by atoms with Gasteiger partial charge in [-0.1, -0.05) is 55.8 Å². The topological polar surface area (TPSA) is 90.3 Å². The van der Waals surface area contributed by atoms with E-state index in [-0.39, 0.29) is 17.1 Å². The van der Waals surface area contributed by atoms with Crippen molar-refractivity contribution in [2.24, 2.45) is 0 Å². The predicted molar refractivity (Wildman–Crippen MR) is 147 cm³/mol. The standard InChI is InChI=1S/C31H34N2O5/c1-4-32(5-2)17-18-33-28(23-9-13-25(34)14-10-23)27(30(36)31(33)37)29(35)24-11-15-26(16-12-24)38-20-22-8-6-7-21(3)19-22/h6-16,19,28,34-35H,4-5,17-18,20H2,1-3H3/b29-27+/t28-/m0/s1. The van der Waals surface area contributed by atoms with Crippen LogP contribution in [0.25, 0.3) is 5.76 Å². The van der Waals surface area contributed by atoms with Crippen LogP contribution in [0.2, 0.25) is 0 Å². The van der Waals surface area contributed by atoms with Crippen LogP contribution >= 0.6 is 0 Å². The summed E-state index contributed by atoms with van der Waals surface area (Å²) in [4.78, 5) is 30.0. The van der Waals surface area contributed by atoms with Gasteiger partial charge in [0.25, 0.3) is 11.7 Å². The van der Waals surface area contributed by atoms with Gasteiger partial charge >= 0.3 is 0 Å². The van der Waals surface area contributed by atoms with E-state index >= 15 is 0 Å². The second kappa shape index (κ2) is 12.0. The summed E-state index contributed by atoms with van der Waals surface area (Å²) < 4.78 is 5.88. The van der Waals surface area contributed by atoms with E-state index in [1.165, 1.54) is 17.0 Å². The largest absolute Gasteiger partial charge is 0.508 e. The smallest absolute Gasteiger partial charge is 0.295 e. The molecule has 1 heterocycles. The van der Waals surface area contributed by atoms with Crippen molar-refractivity contribution < 1.29 is 24.5 Å². The number of rotatable bonds is 10. The average molecular weight is 515 g/mol. The zero-order chi connectivity index (χ0) is 27.2. The molecule has 198 valence electrons. The summed E-state index contributed by atoms with van der Waals surface area (Å²) in [6.07, 6.45) is 0. The molecule has 7 nitrogen and oxygen atoms in total. The molecule has 1 fully saturated rings. The lowest BCUT2D eigenvalue weighted by atomic mass is 9.95. The third-order valence-electron chi connectivity index (χ3n) is 6.92. The second-order valence-electron chi connectivity index (χ2n) is 9.41. The number of hydrogen-bond acceptors (Lipinski definition) is 6. The number of aromatic hydroxyl groups is 1. The minimum absolute atomic E-state index is 0.0358. The highest BCUT2D eigenvalue weighted by Crippen LogP contribution is 2.39. The monoisotopic (exact) mass is 514 g/mol. The first-order valence-corrected chi connectivity index (χ1v) is 12.9. The fourth-order valence-electron chi connectivity index (χ4n) is 4.74. The fraction of sp³-hybridized carbons (Fsp3) is 0.290. The maximum Gasteiger partial charge on any atom is 0.295 e. The minimum atomic E-state index is -0.761. The number of carbonyl (C=O) groups excluding carboxylic acids is 2. The number of phenols is 1. The van der Waals surface area contributed by atoms with Gasteiger partial charge in [0.1, 0.15) is 23.9 Å². The Kier molecular flexibility index (Phi) is 8.48. The van der Waals surface area contributed by atoms with Crippen LogP contribution in [0.15, 0.2) is 78.4 Å². The Morgan fingerprint density at radius 3 is 2.29 bits per heavy atom.